The van der Waals surface area contributed by atoms with Crippen molar-refractivity contribution < 1.29 is 4.79 Å². The monoisotopic (exact) mass is 462 g/mol. The molecule has 0 saturated carbocycles. The van der Waals surface area contributed by atoms with Gasteiger partial charge in [0.25, 0.3) is 5.91 Å². The molecule has 1 amide bonds. The number of nitrogens with one attached hydrogen (secondary N) is 1. The summed E-state index contributed by atoms with van der Waals surface area (Å²) in [5, 5.41) is 12.7. The van der Waals surface area contributed by atoms with Crippen LogP contribution in [-0.2, 0) is 0 Å². The molecule has 7 heteroatoms. The van der Waals surface area contributed by atoms with Crippen molar-refractivity contribution in [1.82, 2.24) is 4.98 Å². The first-order chi connectivity index (χ1) is 14.2. The maximum Gasteiger partial charge on any atom is 0.257 e. The van der Waals surface area contributed by atoms with Crippen molar-refractivity contribution in [3.05, 3.63) is 95.0 Å². The highest BCUT2D eigenvalue weighted by molar-refractivity contribution is 9.10. The molecule has 142 valence electrons. The van der Waals surface area contributed by atoms with E-state index < -0.39 is 0 Å². The zero-order valence-electron chi connectivity index (χ0n) is 15.1. The van der Waals surface area contributed by atoms with Gasteiger partial charge in [-0.05, 0) is 36.4 Å². The fraction of sp³-hybridized carbons (Fsp3) is 0. The van der Waals surface area contributed by atoms with Gasteiger partial charge in [-0.2, -0.15) is 0 Å². The highest BCUT2D eigenvalue weighted by atomic mass is 79.9. The van der Waals surface area contributed by atoms with Crippen LogP contribution in [0.5, 0.6) is 0 Å². The van der Waals surface area contributed by atoms with Crippen LogP contribution in [-0.4, -0.2) is 10.9 Å². The summed E-state index contributed by atoms with van der Waals surface area (Å²) < 4.78 is 0.977. The van der Waals surface area contributed by atoms with Crippen molar-refractivity contribution in [1.29, 1.82) is 0 Å². The van der Waals surface area contributed by atoms with Gasteiger partial charge in [0, 0.05) is 15.6 Å². The van der Waals surface area contributed by atoms with Gasteiger partial charge in [-0.3, -0.25) is 10.1 Å². The standard InChI is InChI=1S/C22H15BrN4OS/c23-17-11-13-18(14-12-17)26-27-21-19(15-7-3-1-4-8-15)24-22(29-21)25-20(28)16-9-5-2-6-10-16/h1-14H,(H,24,25,28). The highest BCUT2D eigenvalue weighted by Crippen LogP contribution is 2.39. The SMILES string of the molecule is O=C(Nc1nc(-c2ccccc2)c(N=Nc2ccc(Br)cc2)s1)c1ccccc1. The lowest BCUT2D eigenvalue weighted by Gasteiger charge is -2.00. The number of thiazole rings is 1. The number of anilines is 1. The predicted molar refractivity (Wildman–Crippen MR) is 120 cm³/mol. The summed E-state index contributed by atoms with van der Waals surface area (Å²) in [5.74, 6) is -0.213. The van der Waals surface area contributed by atoms with Crippen molar-refractivity contribution >= 4 is 49.0 Å². The molecule has 0 saturated heterocycles. The van der Waals surface area contributed by atoms with E-state index in [0.29, 0.717) is 21.4 Å². The Kier molecular flexibility index (Phi) is 5.88. The molecule has 4 aromatic rings. The summed E-state index contributed by atoms with van der Waals surface area (Å²) >= 11 is 4.70. The van der Waals surface area contributed by atoms with Crippen molar-refractivity contribution in [3.8, 4) is 11.3 Å². The minimum atomic E-state index is -0.213. The fourth-order valence-electron chi connectivity index (χ4n) is 2.59. The molecular weight excluding hydrogens is 448 g/mol. The van der Waals surface area contributed by atoms with E-state index in [1.165, 1.54) is 11.3 Å². The first kappa shape index (κ1) is 19.2. The Hall–Kier alpha value is -3.16. The molecule has 0 unspecified atom stereocenters. The average molecular weight is 463 g/mol. The Balaban J connectivity index is 1.65. The predicted octanol–water partition coefficient (Wildman–Crippen LogP) is 7.24. The van der Waals surface area contributed by atoms with Gasteiger partial charge in [0.1, 0.15) is 5.69 Å². The molecule has 5 nitrogen and oxygen atoms in total. The van der Waals surface area contributed by atoms with Gasteiger partial charge in [0.15, 0.2) is 10.1 Å². The molecular formula is C22H15BrN4OS. The summed E-state index contributed by atoms with van der Waals surface area (Å²) in [5.41, 5.74) is 2.89. The Labute approximate surface area is 180 Å². The molecule has 0 radical (unpaired) electrons. The number of hydrogen-bond donors (Lipinski definition) is 1. The maximum absolute atomic E-state index is 12.5. The van der Waals surface area contributed by atoms with E-state index in [4.69, 9.17) is 0 Å². The number of hydrogen-bond acceptors (Lipinski definition) is 5. The van der Waals surface area contributed by atoms with Crippen LogP contribution >= 0.6 is 27.3 Å². The van der Waals surface area contributed by atoms with E-state index in [2.05, 4.69) is 36.5 Å². The molecule has 0 bridgehead atoms. The first-order valence-electron chi connectivity index (χ1n) is 8.79. The minimum absolute atomic E-state index is 0.213. The normalized spacial score (nSPS) is 10.9. The molecule has 1 aromatic heterocycles. The first-order valence-corrected chi connectivity index (χ1v) is 10.4. The largest absolute Gasteiger partial charge is 0.298 e. The molecule has 3 aromatic carbocycles. The van der Waals surface area contributed by atoms with Crippen LogP contribution in [0.25, 0.3) is 11.3 Å². The Morgan fingerprint density at radius 1 is 0.862 bits per heavy atom. The van der Waals surface area contributed by atoms with E-state index in [1.54, 1.807) is 12.1 Å². The van der Waals surface area contributed by atoms with Gasteiger partial charge < -0.3 is 0 Å². The summed E-state index contributed by atoms with van der Waals surface area (Å²) in [6.07, 6.45) is 0. The molecule has 0 aliphatic rings. The molecule has 4 rings (SSSR count). The zero-order valence-corrected chi connectivity index (χ0v) is 17.5. The summed E-state index contributed by atoms with van der Waals surface area (Å²) in [6, 6.07) is 26.3. The molecule has 1 N–H and O–H groups in total. The third kappa shape index (κ3) is 4.82. The van der Waals surface area contributed by atoms with Crippen molar-refractivity contribution in [2.24, 2.45) is 10.2 Å². The molecule has 1 heterocycles. The topological polar surface area (TPSA) is 66.7 Å². The summed E-state index contributed by atoms with van der Waals surface area (Å²) in [7, 11) is 0. The smallest absolute Gasteiger partial charge is 0.257 e. The average Bonchev–Trinajstić information content (AvgIpc) is 3.17. The van der Waals surface area contributed by atoms with Crippen LogP contribution in [0.2, 0.25) is 0 Å². The van der Waals surface area contributed by atoms with E-state index in [9.17, 15) is 4.79 Å². The number of aromatic nitrogens is 1. The van der Waals surface area contributed by atoms with E-state index in [1.807, 2.05) is 72.8 Å². The lowest BCUT2D eigenvalue weighted by Crippen LogP contribution is -2.11. The molecule has 0 aliphatic carbocycles. The van der Waals surface area contributed by atoms with Crippen LogP contribution in [0.4, 0.5) is 15.8 Å². The number of rotatable bonds is 5. The van der Waals surface area contributed by atoms with Crippen LogP contribution in [0, 0.1) is 0 Å². The molecule has 0 atom stereocenters. The van der Waals surface area contributed by atoms with Gasteiger partial charge in [-0.1, -0.05) is 75.8 Å². The van der Waals surface area contributed by atoms with E-state index in [0.717, 1.165) is 15.7 Å². The lowest BCUT2D eigenvalue weighted by atomic mass is 10.2. The van der Waals surface area contributed by atoms with Gasteiger partial charge in [-0.25, -0.2) is 4.98 Å². The minimum Gasteiger partial charge on any atom is -0.298 e. The zero-order chi connectivity index (χ0) is 20.1. The van der Waals surface area contributed by atoms with E-state index in [-0.39, 0.29) is 5.91 Å². The quantitative estimate of drug-likeness (QED) is 0.317. The van der Waals surface area contributed by atoms with Gasteiger partial charge in [0.05, 0.1) is 5.69 Å². The van der Waals surface area contributed by atoms with Crippen molar-refractivity contribution in [2.45, 2.75) is 0 Å². The van der Waals surface area contributed by atoms with Crippen LogP contribution < -0.4 is 5.32 Å². The number of carbonyl (C=O) groups excluding carboxylic acids is 1. The Morgan fingerprint density at radius 2 is 1.52 bits per heavy atom. The second-order valence-corrected chi connectivity index (χ2v) is 7.93. The van der Waals surface area contributed by atoms with Crippen LogP contribution in [0.1, 0.15) is 10.4 Å². The third-order valence-corrected chi connectivity index (χ3v) is 5.38. The van der Waals surface area contributed by atoms with Gasteiger partial charge >= 0.3 is 0 Å². The van der Waals surface area contributed by atoms with Gasteiger partial charge in [0.2, 0.25) is 0 Å². The summed E-state index contributed by atoms with van der Waals surface area (Å²) in [6.45, 7) is 0. The highest BCUT2D eigenvalue weighted by Gasteiger charge is 2.15. The molecule has 0 spiro atoms. The molecule has 0 fully saturated rings. The van der Waals surface area contributed by atoms with E-state index >= 15 is 0 Å². The number of nitrogens with zero attached hydrogens (tertiary/aromatic N) is 3. The number of benzene rings is 3. The third-order valence-electron chi connectivity index (χ3n) is 4.00. The lowest BCUT2D eigenvalue weighted by molar-refractivity contribution is 0.102. The summed E-state index contributed by atoms with van der Waals surface area (Å²) in [4.78, 5) is 17.1. The second kappa shape index (κ2) is 8.89. The number of azo groups is 1. The Bertz CT molecular complexity index is 1140. The number of carbonyl (C=O) groups is 1. The van der Waals surface area contributed by atoms with Gasteiger partial charge in [-0.15, -0.1) is 10.2 Å². The van der Waals surface area contributed by atoms with Crippen LogP contribution in [0.15, 0.2) is 99.6 Å². The Morgan fingerprint density at radius 3 is 2.21 bits per heavy atom. The maximum atomic E-state index is 12.5. The van der Waals surface area contributed by atoms with Crippen molar-refractivity contribution in [3.63, 3.8) is 0 Å². The number of amides is 1. The number of halogens is 1. The fourth-order valence-corrected chi connectivity index (χ4v) is 3.66. The second-order valence-electron chi connectivity index (χ2n) is 6.04. The molecule has 0 aliphatic heterocycles. The van der Waals surface area contributed by atoms with Crippen molar-refractivity contribution in [2.75, 3.05) is 5.32 Å². The van der Waals surface area contributed by atoms with Crippen LogP contribution in [0.3, 0.4) is 0 Å². The molecule has 29 heavy (non-hydrogen) atoms.